The van der Waals surface area contributed by atoms with Gasteiger partial charge in [0.15, 0.2) is 5.65 Å². The van der Waals surface area contributed by atoms with Gasteiger partial charge in [-0.3, -0.25) is 0 Å². The molecule has 37 heavy (non-hydrogen) atoms. The predicted molar refractivity (Wildman–Crippen MR) is 149 cm³/mol. The van der Waals surface area contributed by atoms with Crippen molar-refractivity contribution in [2.24, 2.45) is 11.8 Å². The van der Waals surface area contributed by atoms with Crippen molar-refractivity contribution in [2.45, 2.75) is 39.0 Å². The average Bonchev–Trinajstić information content (AvgIpc) is 3.54. The second-order valence-electron chi connectivity index (χ2n) is 10.6. The zero-order valence-corrected chi connectivity index (χ0v) is 22.2. The summed E-state index contributed by atoms with van der Waals surface area (Å²) in [6.07, 6.45) is 9.54. The monoisotopic (exact) mass is 512 g/mol. The van der Waals surface area contributed by atoms with Crippen LogP contribution >= 0.6 is 11.3 Å². The summed E-state index contributed by atoms with van der Waals surface area (Å²) in [5.74, 6) is 0.532. The maximum atomic E-state index is 12.4. The van der Waals surface area contributed by atoms with Crippen LogP contribution < -0.4 is 0 Å². The molecule has 1 saturated carbocycles. The quantitative estimate of drug-likeness (QED) is 0.321. The lowest BCUT2D eigenvalue weighted by molar-refractivity contribution is 0.0702. The number of thiophene rings is 1. The molecule has 6 rings (SSSR count). The second kappa shape index (κ2) is 9.88. The molecule has 7 heteroatoms. The third-order valence-corrected chi connectivity index (χ3v) is 9.21. The van der Waals surface area contributed by atoms with E-state index in [0.717, 1.165) is 58.3 Å². The van der Waals surface area contributed by atoms with Gasteiger partial charge in [0.2, 0.25) is 0 Å². The molecule has 0 unspecified atom stereocenters. The number of likely N-dealkylation sites (N-methyl/N-ethyl adjacent to an activating group) is 1. The number of carboxylic acid groups (broad SMARTS) is 1. The molecule has 0 saturated heterocycles. The summed E-state index contributed by atoms with van der Waals surface area (Å²) >= 11 is 1.39. The highest BCUT2D eigenvalue weighted by molar-refractivity contribution is 7.17. The van der Waals surface area contributed by atoms with Gasteiger partial charge in [0.25, 0.3) is 0 Å². The van der Waals surface area contributed by atoms with Gasteiger partial charge in [0, 0.05) is 35.3 Å². The van der Waals surface area contributed by atoms with Crippen LogP contribution in [0.1, 0.15) is 54.3 Å². The number of carboxylic acids is 1. The molecule has 0 spiro atoms. The van der Waals surface area contributed by atoms with Crippen molar-refractivity contribution < 1.29 is 9.90 Å². The van der Waals surface area contributed by atoms with Gasteiger partial charge in [-0.05, 0) is 73.1 Å². The number of rotatable bonds is 5. The SMILES string of the molecule is CC1CCC(C2=C(c3cc(-c4ccc(-c5cn6ncccc6n5)cc4)sc3C(=O)O)CCN(C)C2)CC1. The summed E-state index contributed by atoms with van der Waals surface area (Å²) in [4.78, 5) is 20.9. The first kappa shape index (κ1) is 24.1. The molecular formula is C30H32N4O2S. The topological polar surface area (TPSA) is 70.7 Å². The van der Waals surface area contributed by atoms with Crippen molar-refractivity contribution in [1.82, 2.24) is 19.5 Å². The first-order chi connectivity index (χ1) is 18.0. The Kier molecular flexibility index (Phi) is 6.42. The van der Waals surface area contributed by atoms with Gasteiger partial charge < -0.3 is 10.0 Å². The van der Waals surface area contributed by atoms with E-state index in [1.807, 2.05) is 18.3 Å². The summed E-state index contributed by atoms with van der Waals surface area (Å²) in [6, 6.07) is 14.2. The number of hydrogen-bond donors (Lipinski definition) is 1. The number of fused-ring (bicyclic) bond motifs is 1. The van der Waals surface area contributed by atoms with E-state index in [0.29, 0.717) is 10.8 Å². The fraction of sp³-hybridized carbons (Fsp3) is 0.367. The number of carbonyl (C=O) groups is 1. The standard InChI is InChI=1S/C30H32N4O2S/c1-19-5-7-20(8-6-19)25-17-33(2)15-13-23(25)24-16-27(37-29(24)30(35)36)22-11-9-21(10-12-22)26-18-34-28(32-26)4-3-14-31-34/h3-4,9-12,14,16,18-20H,5-8,13,15,17H2,1-2H3,(H,35,36). The van der Waals surface area contributed by atoms with E-state index < -0.39 is 5.97 Å². The zero-order valence-electron chi connectivity index (χ0n) is 21.4. The molecule has 1 aromatic carbocycles. The van der Waals surface area contributed by atoms with Crippen LogP contribution in [0, 0.1) is 11.8 Å². The van der Waals surface area contributed by atoms with Gasteiger partial charge in [-0.15, -0.1) is 11.3 Å². The summed E-state index contributed by atoms with van der Waals surface area (Å²) in [7, 11) is 2.18. The van der Waals surface area contributed by atoms with Crippen LogP contribution in [0.2, 0.25) is 0 Å². The van der Waals surface area contributed by atoms with E-state index in [1.54, 1.807) is 10.7 Å². The molecule has 1 aliphatic carbocycles. The molecule has 6 nitrogen and oxygen atoms in total. The lowest BCUT2D eigenvalue weighted by Crippen LogP contribution is -2.31. The number of nitrogens with zero attached hydrogens (tertiary/aromatic N) is 4. The van der Waals surface area contributed by atoms with Gasteiger partial charge in [0.05, 0.1) is 11.9 Å². The number of benzene rings is 1. The fourth-order valence-corrected chi connectivity index (χ4v) is 6.94. The Morgan fingerprint density at radius 2 is 1.84 bits per heavy atom. The molecule has 4 heterocycles. The Morgan fingerprint density at radius 3 is 2.57 bits per heavy atom. The van der Waals surface area contributed by atoms with Crippen molar-refractivity contribution >= 4 is 28.5 Å². The van der Waals surface area contributed by atoms with E-state index >= 15 is 0 Å². The van der Waals surface area contributed by atoms with Crippen molar-refractivity contribution in [3.05, 3.63) is 70.9 Å². The van der Waals surface area contributed by atoms with Gasteiger partial charge in [-0.1, -0.05) is 44.0 Å². The third kappa shape index (κ3) is 4.74. The summed E-state index contributed by atoms with van der Waals surface area (Å²) < 4.78 is 1.77. The lowest BCUT2D eigenvalue weighted by Gasteiger charge is -2.35. The molecule has 1 aliphatic heterocycles. The largest absolute Gasteiger partial charge is 0.477 e. The molecule has 3 aromatic heterocycles. The minimum atomic E-state index is -0.830. The van der Waals surface area contributed by atoms with Crippen LogP contribution in [0.4, 0.5) is 0 Å². The molecule has 4 aromatic rings. The number of imidazole rings is 1. The van der Waals surface area contributed by atoms with E-state index in [1.165, 1.54) is 48.2 Å². The molecular weight excluding hydrogens is 480 g/mol. The van der Waals surface area contributed by atoms with Gasteiger partial charge >= 0.3 is 5.97 Å². The van der Waals surface area contributed by atoms with Crippen LogP contribution in [0.25, 0.3) is 32.9 Å². The zero-order chi connectivity index (χ0) is 25.5. The Balaban J connectivity index is 1.36. The first-order valence-corrected chi connectivity index (χ1v) is 14.0. The van der Waals surface area contributed by atoms with Crippen molar-refractivity contribution in [2.75, 3.05) is 20.1 Å². The maximum absolute atomic E-state index is 12.4. The molecule has 0 atom stereocenters. The summed E-state index contributed by atoms with van der Waals surface area (Å²) in [5.41, 5.74) is 7.41. The first-order valence-electron chi connectivity index (χ1n) is 13.2. The molecule has 0 radical (unpaired) electrons. The van der Waals surface area contributed by atoms with E-state index in [2.05, 4.69) is 59.3 Å². The van der Waals surface area contributed by atoms with Gasteiger partial charge in [-0.2, -0.15) is 5.10 Å². The third-order valence-electron chi connectivity index (χ3n) is 8.03. The van der Waals surface area contributed by atoms with Gasteiger partial charge in [0.1, 0.15) is 4.88 Å². The van der Waals surface area contributed by atoms with Crippen LogP contribution in [-0.2, 0) is 0 Å². The van der Waals surface area contributed by atoms with Crippen molar-refractivity contribution in [3.63, 3.8) is 0 Å². The molecule has 0 bridgehead atoms. The Hall–Kier alpha value is -3.29. The Labute approximate surface area is 221 Å². The normalized spacial score (nSPS) is 21.0. The van der Waals surface area contributed by atoms with Crippen LogP contribution in [-0.4, -0.2) is 50.7 Å². The number of aromatic nitrogens is 3. The fourth-order valence-electron chi connectivity index (χ4n) is 5.91. The van der Waals surface area contributed by atoms with E-state index in [4.69, 9.17) is 0 Å². The highest BCUT2D eigenvalue weighted by Crippen LogP contribution is 2.43. The minimum absolute atomic E-state index is 0.465. The van der Waals surface area contributed by atoms with E-state index in [9.17, 15) is 9.90 Å². The second-order valence-corrected chi connectivity index (χ2v) is 11.7. The van der Waals surface area contributed by atoms with Crippen molar-refractivity contribution in [1.29, 1.82) is 0 Å². The lowest BCUT2D eigenvalue weighted by atomic mass is 9.75. The van der Waals surface area contributed by atoms with E-state index in [-0.39, 0.29) is 0 Å². The van der Waals surface area contributed by atoms with Crippen LogP contribution in [0.15, 0.2) is 60.4 Å². The highest BCUT2D eigenvalue weighted by atomic mass is 32.1. The van der Waals surface area contributed by atoms with Crippen LogP contribution in [0.3, 0.4) is 0 Å². The summed E-state index contributed by atoms with van der Waals surface area (Å²) in [5, 5.41) is 14.5. The molecule has 1 N–H and O–H groups in total. The number of aromatic carboxylic acids is 1. The van der Waals surface area contributed by atoms with Crippen molar-refractivity contribution in [3.8, 4) is 21.7 Å². The highest BCUT2D eigenvalue weighted by Gasteiger charge is 2.30. The smallest absolute Gasteiger partial charge is 0.346 e. The number of hydrogen-bond acceptors (Lipinski definition) is 5. The van der Waals surface area contributed by atoms with Crippen LogP contribution in [0.5, 0.6) is 0 Å². The molecule has 0 amide bonds. The molecule has 1 fully saturated rings. The molecule has 190 valence electrons. The predicted octanol–water partition coefficient (Wildman–Crippen LogP) is 6.74. The summed E-state index contributed by atoms with van der Waals surface area (Å²) in [6.45, 7) is 4.26. The average molecular weight is 513 g/mol. The Bertz CT molecular complexity index is 1440. The molecule has 2 aliphatic rings. The minimum Gasteiger partial charge on any atom is -0.477 e. The van der Waals surface area contributed by atoms with Gasteiger partial charge in [-0.25, -0.2) is 14.3 Å². The maximum Gasteiger partial charge on any atom is 0.346 e. The Morgan fingerprint density at radius 1 is 1.08 bits per heavy atom.